The third-order valence-electron chi connectivity index (χ3n) is 7.80. The topological polar surface area (TPSA) is 53.3 Å². The Morgan fingerprint density at radius 2 is 1.92 bits per heavy atom. The van der Waals surface area contributed by atoms with Crippen molar-refractivity contribution in [2.75, 3.05) is 34.1 Å². The molecular weight excluding hydrogens is 466 g/mol. The lowest BCUT2D eigenvalue weighted by atomic mass is 9.85. The van der Waals surface area contributed by atoms with Gasteiger partial charge in [0.05, 0.1) is 7.11 Å². The normalized spacial score (nSPS) is 18.7. The monoisotopic (exact) mass is 501 g/mol. The lowest BCUT2D eigenvalue weighted by Gasteiger charge is -2.32. The number of aryl methyl sites for hydroxylation is 2. The Labute approximate surface area is 218 Å². The second kappa shape index (κ2) is 9.22. The number of hydrogen-bond acceptors (Lipinski definition) is 6. The number of furan rings is 1. The fraction of sp³-hybridized carbons (Fsp3) is 0.484. The summed E-state index contributed by atoms with van der Waals surface area (Å²) < 4.78 is 29.8. The van der Waals surface area contributed by atoms with Gasteiger partial charge >= 0.3 is 0 Å². The Morgan fingerprint density at radius 1 is 1.08 bits per heavy atom. The minimum Gasteiger partial charge on any atom is -0.492 e. The number of likely N-dealkylation sites (N-methyl/N-ethyl adjacent to an activating group) is 1. The number of benzene rings is 2. The average molecular weight is 502 g/mol. The lowest BCUT2D eigenvalue weighted by Crippen LogP contribution is -2.31. The summed E-state index contributed by atoms with van der Waals surface area (Å²) in [5.74, 6) is 11.0. The second-order valence-electron chi connectivity index (χ2n) is 11.3. The molecule has 0 amide bonds. The van der Waals surface area contributed by atoms with Crippen molar-refractivity contribution in [1.82, 2.24) is 4.90 Å². The van der Waals surface area contributed by atoms with Crippen molar-refractivity contribution in [2.24, 2.45) is 0 Å². The highest BCUT2D eigenvalue weighted by Crippen LogP contribution is 2.49. The van der Waals surface area contributed by atoms with E-state index < -0.39 is 0 Å². The van der Waals surface area contributed by atoms with Crippen molar-refractivity contribution in [3.8, 4) is 34.8 Å². The first-order valence-electron chi connectivity index (χ1n) is 13.2. The van der Waals surface area contributed by atoms with Crippen LogP contribution in [0.2, 0.25) is 0 Å². The zero-order valence-electron chi connectivity index (χ0n) is 22.5. The van der Waals surface area contributed by atoms with E-state index in [1.807, 2.05) is 0 Å². The molecule has 0 bridgehead atoms. The van der Waals surface area contributed by atoms with E-state index in [1.165, 1.54) is 29.4 Å². The number of nitrogens with zero attached hydrogens (tertiary/aromatic N) is 1. The van der Waals surface area contributed by atoms with Crippen molar-refractivity contribution < 1.29 is 23.4 Å². The smallest absolute Gasteiger partial charge is 0.231 e. The van der Waals surface area contributed by atoms with Gasteiger partial charge in [0.1, 0.15) is 29.7 Å². The molecule has 0 saturated heterocycles. The van der Waals surface area contributed by atoms with E-state index in [9.17, 15) is 0 Å². The van der Waals surface area contributed by atoms with Crippen molar-refractivity contribution in [2.45, 2.75) is 64.3 Å². The molecule has 1 atom stereocenters. The molecule has 2 aromatic carbocycles. The van der Waals surface area contributed by atoms with Gasteiger partial charge in [0.2, 0.25) is 12.5 Å². The van der Waals surface area contributed by atoms with Crippen LogP contribution in [-0.4, -0.2) is 39.0 Å². The van der Waals surface area contributed by atoms with E-state index in [4.69, 9.17) is 23.4 Å². The van der Waals surface area contributed by atoms with Gasteiger partial charge in [0, 0.05) is 35.0 Å². The summed E-state index contributed by atoms with van der Waals surface area (Å²) >= 11 is 0. The molecule has 0 fully saturated rings. The molecule has 1 aromatic heterocycles. The van der Waals surface area contributed by atoms with Crippen molar-refractivity contribution in [3.05, 3.63) is 46.2 Å². The predicted molar refractivity (Wildman–Crippen MR) is 143 cm³/mol. The van der Waals surface area contributed by atoms with Gasteiger partial charge in [0.25, 0.3) is 0 Å². The summed E-state index contributed by atoms with van der Waals surface area (Å²) in [5.41, 5.74) is 5.65. The minimum atomic E-state index is -0.109. The van der Waals surface area contributed by atoms with Gasteiger partial charge in [-0.3, -0.25) is 4.90 Å². The quantitative estimate of drug-likeness (QED) is 0.413. The molecule has 6 nitrogen and oxygen atoms in total. The predicted octanol–water partition coefficient (Wildman–Crippen LogP) is 5.96. The molecular formula is C31H35NO5. The molecule has 0 saturated carbocycles. The molecule has 0 N–H and O–H groups in total. The summed E-state index contributed by atoms with van der Waals surface area (Å²) in [6.07, 6.45) is 5.42. The maximum atomic E-state index is 6.37. The number of rotatable bonds is 3. The molecule has 2 aliphatic heterocycles. The zero-order valence-corrected chi connectivity index (χ0v) is 22.5. The molecule has 6 rings (SSSR count). The molecule has 1 aliphatic carbocycles. The first kappa shape index (κ1) is 24.1. The van der Waals surface area contributed by atoms with Crippen LogP contribution in [-0.2, 0) is 24.7 Å². The third kappa shape index (κ3) is 4.20. The molecule has 3 aliphatic rings. The van der Waals surface area contributed by atoms with E-state index >= 15 is 0 Å². The SMILES string of the molecule is COc1c2c(cc3c1C(C#CCOc1cc4c5c(oc4cc1C(C)(C)C)CCCC5)N(C)CC3)OCO2. The maximum absolute atomic E-state index is 6.37. The van der Waals surface area contributed by atoms with E-state index in [-0.39, 0.29) is 18.2 Å². The van der Waals surface area contributed by atoms with E-state index in [2.05, 4.69) is 62.8 Å². The molecule has 3 aromatic rings. The van der Waals surface area contributed by atoms with Gasteiger partial charge in [-0.1, -0.05) is 32.6 Å². The molecule has 1 unspecified atom stereocenters. The van der Waals surface area contributed by atoms with Crippen molar-refractivity contribution in [1.29, 1.82) is 0 Å². The van der Waals surface area contributed by atoms with Gasteiger partial charge < -0.3 is 23.4 Å². The first-order valence-corrected chi connectivity index (χ1v) is 13.2. The third-order valence-corrected chi connectivity index (χ3v) is 7.80. The Morgan fingerprint density at radius 3 is 2.73 bits per heavy atom. The summed E-state index contributed by atoms with van der Waals surface area (Å²) in [6, 6.07) is 6.32. The van der Waals surface area contributed by atoms with Crippen LogP contribution in [0, 0.1) is 11.8 Å². The van der Waals surface area contributed by atoms with Crippen LogP contribution in [0.3, 0.4) is 0 Å². The molecule has 0 spiro atoms. The van der Waals surface area contributed by atoms with Crippen LogP contribution in [0.5, 0.6) is 23.0 Å². The highest BCUT2D eigenvalue weighted by molar-refractivity contribution is 5.85. The molecule has 6 heteroatoms. The number of methoxy groups -OCH3 is 1. The Bertz CT molecular complexity index is 1420. The van der Waals surface area contributed by atoms with Gasteiger partial charge in [-0.2, -0.15) is 0 Å². The van der Waals surface area contributed by atoms with Crippen LogP contribution in [0.4, 0.5) is 0 Å². The maximum Gasteiger partial charge on any atom is 0.231 e. The summed E-state index contributed by atoms with van der Waals surface area (Å²) in [7, 11) is 3.78. The first-order chi connectivity index (χ1) is 17.8. The van der Waals surface area contributed by atoms with Crippen LogP contribution >= 0.6 is 0 Å². The number of hydrogen-bond donors (Lipinski definition) is 0. The average Bonchev–Trinajstić information content (AvgIpc) is 3.49. The standard InChI is InChI=1S/C31H35NO5/c1-31(2,3)22-17-25-21(20-9-6-7-11-24(20)37-25)16-26(22)34-14-8-10-23-28-19(12-13-32(23)4)15-27-29(30(28)33-5)36-18-35-27/h15-17,23H,6-7,9,11-14,18H2,1-5H3. The zero-order chi connectivity index (χ0) is 25.7. The summed E-state index contributed by atoms with van der Waals surface area (Å²) in [5, 5.41) is 1.19. The Balaban J connectivity index is 1.31. The second-order valence-corrected chi connectivity index (χ2v) is 11.3. The number of ether oxygens (including phenoxy) is 4. The highest BCUT2D eigenvalue weighted by atomic mass is 16.7. The van der Waals surface area contributed by atoms with Crippen LogP contribution in [0.15, 0.2) is 22.6 Å². The van der Waals surface area contributed by atoms with E-state index in [1.54, 1.807) is 7.11 Å². The van der Waals surface area contributed by atoms with Gasteiger partial charge in [-0.15, -0.1) is 0 Å². The van der Waals surface area contributed by atoms with Crippen LogP contribution in [0.25, 0.3) is 11.0 Å². The highest BCUT2D eigenvalue weighted by Gasteiger charge is 2.33. The van der Waals surface area contributed by atoms with Crippen molar-refractivity contribution >= 4 is 11.0 Å². The Hall–Kier alpha value is -3.30. The van der Waals surface area contributed by atoms with E-state index in [0.717, 1.165) is 65.5 Å². The largest absolute Gasteiger partial charge is 0.492 e. The molecule has 0 radical (unpaired) electrons. The molecule has 37 heavy (non-hydrogen) atoms. The lowest BCUT2D eigenvalue weighted by molar-refractivity contribution is 0.171. The molecule has 3 heterocycles. The van der Waals surface area contributed by atoms with Crippen molar-refractivity contribution in [3.63, 3.8) is 0 Å². The van der Waals surface area contributed by atoms with Crippen LogP contribution < -0.4 is 18.9 Å². The van der Waals surface area contributed by atoms with E-state index in [0.29, 0.717) is 12.4 Å². The summed E-state index contributed by atoms with van der Waals surface area (Å²) in [6.45, 7) is 8.06. The minimum absolute atomic E-state index is 0.0808. The number of fused-ring (bicyclic) bond motifs is 5. The molecule has 194 valence electrons. The Kier molecular flexibility index (Phi) is 6.00. The fourth-order valence-electron chi connectivity index (χ4n) is 5.86. The summed E-state index contributed by atoms with van der Waals surface area (Å²) in [4.78, 5) is 2.25. The van der Waals surface area contributed by atoms with Gasteiger partial charge in [0.15, 0.2) is 11.5 Å². The fourth-order valence-corrected chi connectivity index (χ4v) is 5.86. The van der Waals surface area contributed by atoms with Gasteiger partial charge in [-0.25, -0.2) is 0 Å². The van der Waals surface area contributed by atoms with Crippen LogP contribution in [0.1, 0.15) is 67.7 Å². The van der Waals surface area contributed by atoms with Gasteiger partial charge in [-0.05, 0) is 61.9 Å².